The Morgan fingerprint density at radius 2 is 0.746 bits per heavy atom. The molecule has 6 heteroatoms. The first-order valence-corrected chi connectivity index (χ1v) is 23.6. The van der Waals surface area contributed by atoms with Gasteiger partial charge in [-0.15, -0.1) is 0 Å². The van der Waals surface area contributed by atoms with Crippen LogP contribution in [-0.4, -0.2) is 33.2 Å². The SMILES string of the molecule is Cc1cccc(CC(O)(Cc2cccc(C)c2)[C@@H](NC(=O)C2(C(=O)N[C@@H](c3cccc4ccccc34)C(O)(Cc3cccc(C)c3)Cc3cccc(C)c3)CC2)c2cccc3ccccc23)c1. The van der Waals surface area contributed by atoms with Gasteiger partial charge in [0.05, 0.1) is 23.3 Å². The van der Waals surface area contributed by atoms with Crippen LogP contribution >= 0.6 is 0 Å². The topological polar surface area (TPSA) is 98.7 Å². The second kappa shape index (κ2) is 18.8. The maximum atomic E-state index is 15.4. The maximum Gasteiger partial charge on any atom is 0.236 e. The summed E-state index contributed by atoms with van der Waals surface area (Å²) < 4.78 is 0. The van der Waals surface area contributed by atoms with E-state index in [0.29, 0.717) is 12.8 Å². The molecule has 0 saturated heterocycles. The van der Waals surface area contributed by atoms with Gasteiger partial charge in [-0.25, -0.2) is 0 Å². The molecule has 6 nitrogen and oxygen atoms in total. The van der Waals surface area contributed by atoms with Gasteiger partial charge in [0.25, 0.3) is 0 Å². The number of aliphatic hydroxyl groups is 2. The van der Waals surface area contributed by atoms with Crippen LogP contribution in [0.3, 0.4) is 0 Å². The number of rotatable bonds is 16. The van der Waals surface area contributed by atoms with Gasteiger partial charge >= 0.3 is 0 Å². The van der Waals surface area contributed by atoms with Crippen LogP contribution < -0.4 is 10.6 Å². The summed E-state index contributed by atoms with van der Waals surface area (Å²) in [4.78, 5) is 30.9. The number of aryl methyl sites for hydroxylation is 4. The molecular formula is C61H60N2O4. The lowest BCUT2D eigenvalue weighted by molar-refractivity contribution is -0.141. The number of benzene rings is 8. The smallest absolute Gasteiger partial charge is 0.236 e. The first kappa shape index (κ1) is 45.3. The molecular weight excluding hydrogens is 825 g/mol. The zero-order valence-electron chi connectivity index (χ0n) is 38.9. The Morgan fingerprint density at radius 1 is 0.448 bits per heavy atom. The predicted octanol–water partition coefficient (Wildman–Crippen LogP) is 11.5. The normalized spacial score (nSPS) is 14.4. The van der Waals surface area contributed by atoms with Crippen molar-refractivity contribution in [2.45, 2.75) is 89.5 Å². The van der Waals surface area contributed by atoms with E-state index in [2.05, 4.69) is 34.9 Å². The summed E-state index contributed by atoms with van der Waals surface area (Å²) >= 11 is 0. The van der Waals surface area contributed by atoms with Crippen LogP contribution in [0.4, 0.5) is 0 Å². The minimum atomic E-state index is -1.54. The summed E-state index contributed by atoms with van der Waals surface area (Å²) in [7, 11) is 0. The number of carbonyl (C=O) groups is 2. The van der Waals surface area contributed by atoms with Crippen molar-refractivity contribution in [1.82, 2.24) is 10.6 Å². The van der Waals surface area contributed by atoms with E-state index in [9.17, 15) is 10.2 Å². The molecule has 67 heavy (non-hydrogen) atoms. The average Bonchev–Trinajstić information content (AvgIpc) is 4.12. The summed E-state index contributed by atoms with van der Waals surface area (Å²) in [5, 5.41) is 37.6. The third kappa shape index (κ3) is 9.83. The third-order valence-electron chi connectivity index (χ3n) is 13.9. The summed E-state index contributed by atoms with van der Waals surface area (Å²) in [6.07, 6.45) is 1.59. The predicted molar refractivity (Wildman–Crippen MR) is 271 cm³/mol. The standard InChI is InChI=1S/C61H60N2O4/c1-41-15-9-19-45(33-41)37-60(66,38-46-20-10-16-42(2)34-46)55(53-29-13-25-49-23-5-7-27-51(49)53)62-57(64)59(31-32-59)58(65)63-56(54-30-14-26-50-24-6-8-28-52(50)54)61(67,39-47-21-11-17-43(3)35-47)40-48-22-12-18-44(4)36-48/h5-30,33-36,55-56,66-67H,31-32,37-40H2,1-4H3,(H,62,64)(H,63,65)/t55-,56-/m0/s1. The lowest BCUT2D eigenvalue weighted by Crippen LogP contribution is -2.55. The number of amides is 2. The monoisotopic (exact) mass is 884 g/mol. The zero-order valence-corrected chi connectivity index (χ0v) is 38.9. The van der Waals surface area contributed by atoms with Crippen LogP contribution in [0.2, 0.25) is 0 Å². The molecule has 0 aromatic heterocycles. The first-order valence-electron chi connectivity index (χ1n) is 23.6. The van der Waals surface area contributed by atoms with Crippen molar-refractivity contribution in [1.29, 1.82) is 0 Å². The van der Waals surface area contributed by atoms with Crippen LogP contribution in [0, 0.1) is 33.1 Å². The molecule has 0 bridgehead atoms. The van der Waals surface area contributed by atoms with Crippen molar-refractivity contribution >= 4 is 33.4 Å². The van der Waals surface area contributed by atoms with Gasteiger partial charge in [-0.2, -0.15) is 0 Å². The molecule has 4 N–H and O–H groups in total. The highest BCUT2D eigenvalue weighted by Crippen LogP contribution is 2.49. The van der Waals surface area contributed by atoms with E-state index in [4.69, 9.17) is 0 Å². The van der Waals surface area contributed by atoms with Crippen LogP contribution in [-0.2, 0) is 35.3 Å². The molecule has 0 unspecified atom stereocenters. The van der Waals surface area contributed by atoms with Gasteiger partial charge in [-0.1, -0.05) is 204 Å². The van der Waals surface area contributed by atoms with Crippen molar-refractivity contribution < 1.29 is 19.8 Å². The Hall–Kier alpha value is -6.86. The summed E-state index contributed by atoms with van der Waals surface area (Å²) in [5.41, 5.74) is 5.03. The molecule has 338 valence electrons. The van der Waals surface area contributed by atoms with Gasteiger partial charge < -0.3 is 20.8 Å². The van der Waals surface area contributed by atoms with Gasteiger partial charge in [-0.05, 0) is 95.5 Å². The van der Waals surface area contributed by atoms with Crippen LogP contribution in [0.1, 0.15) is 80.6 Å². The number of fused-ring (bicyclic) bond motifs is 2. The van der Waals surface area contributed by atoms with Crippen LogP contribution in [0.25, 0.3) is 21.5 Å². The lowest BCUT2D eigenvalue weighted by Gasteiger charge is -2.40. The van der Waals surface area contributed by atoms with Crippen molar-refractivity contribution in [3.63, 3.8) is 0 Å². The van der Waals surface area contributed by atoms with E-state index in [-0.39, 0.29) is 25.7 Å². The van der Waals surface area contributed by atoms with Crippen LogP contribution in [0.15, 0.2) is 182 Å². The van der Waals surface area contributed by atoms with E-state index in [0.717, 1.165) is 77.2 Å². The molecule has 1 aliphatic rings. The molecule has 0 radical (unpaired) electrons. The molecule has 2 atom stereocenters. The number of carbonyl (C=O) groups excluding carboxylic acids is 2. The van der Waals surface area contributed by atoms with Gasteiger partial charge in [0.15, 0.2) is 0 Å². The van der Waals surface area contributed by atoms with Crippen molar-refractivity contribution in [3.05, 3.63) is 238 Å². The summed E-state index contributed by atoms with van der Waals surface area (Å²) in [6.45, 7) is 8.15. The summed E-state index contributed by atoms with van der Waals surface area (Å²) in [5.74, 6) is -0.903. The van der Waals surface area contributed by atoms with Gasteiger partial charge in [0, 0.05) is 25.7 Å². The quantitative estimate of drug-likeness (QED) is 0.0727. The number of nitrogens with one attached hydrogen (secondary N) is 2. The van der Waals surface area contributed by atoms with E-state index in [1.165, 1.54) is 0 Å². The largest absolute Gasteiger partial charge is 0.387 e. The Bertz CT molecular complexity index is 2780. The van der Waals surface area contributed by atoms with Gasteiger partial charge in [-0.3, -0.25) is 9.59 Å². The molecule has 0 spiro atoms. The fourth-order valence-corrected chi connectivity index (χ4v) is 10.5. The Labute approximate surface area is 394 Å². The number of hydrogen-bond donors (Lipinski definition) is 4. The third-order valence-corrected chi connectivity index (χ3v) is 13.9. The highest BCUT2D eigenvalue weighted by molar-refractivity contribution is 6.08. The van der Waals surface area contributed by atoms with E-state index >= 15 is 9.59 Å². The Morgan fingerprint density at radius 3 is 1.06 bits per heavy atom. The maximum absolute atomic E-state index is 15.4. The average molecular weight is 885 g/mol. The molecule has 0 heterocycles. The molecule has 8 aromatic carbocycles. The Balaban J connectivity index is 1.14. The highest BCUT2D eigenvalue weighted by Gasteiger charge is 2.59. The molecule has 8 aromatic rings. The van der Waals surface area contributed by atoms with E-state index in [1.54, 1.807) is 0 Å². The molecule has 2 amide bonds. The minimum Gasteiger partial charge on any atom is -0.387 e. The van der Waals surface area contributed by atoms with Crippen molar-refractivity contribution in [2.75, 3.05) is 0 Å². The van der Waals surface area contributed by atoms with Gasteiger partial charge in [0.2, 0.25) is 11.8 Å². The molecule has 1 aliphatic carbocycles. The fraction of sp³-hybridized carbons (Fsp3) is 0.246. The fourth-order valence-electron chi connectivity index (χ4n) is 10.5. The van der Waals surface area contributed by atoms with Crippen molar-refractivity contribution in [2.24, 2.45) is 5.41 Å². The minimum absolute atomic E-state index is 0.240. The summed E-state index contributed by atoms with van der Waals surface area (Å²) in [6, 6.07) is 58.8. The molecule has 1 saturated carbocycles. The highest BCUT2D eigenvalue weighted by atomic mass is 16.3. The van der Waals surface area contributed by atoms with E-state index < -0.39 is 40.5 Å². The lowest BCUT2D eigenvalue weighted by atomic mass is 9.77. The van der Waals surface area contributed by atoms with Crippen molar-refractivity contribution in [3.8, 4) is 0 Å². The molecule has 1 fully saturated rings. The molecule has 0 aliphatic heterocycles. The number of hydrogen-bond acceptors (Lipinski definition) is 4. The zero-order chi connectivity index (χ0) is 46.8. The second-order valence-corrected chi connectivity index (χ2v) is 19.4. The van der Waals surface area contributed by atoms with Crippen LogP contribution in [0.5, 0.6) is 0 Å². The Kier molecular flexibility index (Phi) is 12.7. The molecule has 9 rings (SSSR count). The van der Waals surface area contributed by atoms with E-state index in [1.807, 2.05) is 185 Å². The first-order chi connectivity index (χ1) is 32.3. The second-order valence-electron chi connectivity index (χ2n) is 19.4. The van der Waals surface area contributed by atoms with Gasteiger partial charge in [0.1, 0.15) is 5.41 Å².